The van der Waals surface area contributed by atoms with Gasteiger partial charge in [0.15, 0.2) is 5.01 Å². The molecule has 24 heavy (non-hydrogen) atoms. The summed E-state index contributed by atoms with van der Waals surface area (Å²) >= 11 is 1.31. The van der Waals surface area contributed by atoms with E-state index in [1.807, 2.05) is 30.3 Å². The summed E-state index contributed by atoms with van der Waals surface area (Å²) < 4.78 is 2.05. The van der Waals surface area contributed by atoms with Gasteiger partial charge in [0.2, 0.25) is 5.13 Å². The predicted molar refractivity (Wildman–Crippen MR) is 91.9 cm³/mol. The molecule has 2 N–H and O–H groups in total. The van der Waals surface area contributed by atoms with Gasteiger partial charge in [0, 0.05) is 31.0 Å². The number of rotatable bonds is 3. The second kappa shape index (κ2) is 6.14. The SMILES string of the molecule is CC1NCCn2c(C(=O)Nc3nnc(-c4ccccn4)s3)ccc21. The van der Waals surface area contributed by atoms with Crippen molar-refractivity contribution in [2.24, 2.45) is 0 Å². The van der Waals surface area contributed by atoms with Crippen LogP contribution in [-0.2, 0) is 6.54 Å². The van der Waals surface area contributed by atoms with E-state index in [9.17, 15) is 4.79 Å². The molecule has 0 fully saturated rings. The van der Waals surface area contributed by atoms with Crippen molar-refractivity contribution < 1.29 is 4.79 Å². The lowest BCUT2D eigenvalue weighted by atomic mass is 10.2. The first-order valence-corrected chi connectivity index (χ1v) is 8.53. The summed E-state index contributed by atoms with van der Waals surface area (Å²) in [5.41, 5.74) is 2.52. The van der Waals surface area contributed by atoms with Crippen LogP contribution in [-0.4, -0.2) is 32.2 Å². The number of fused-ring (bicyclic) bond motifs is 1. The van der Waals surface area contributed by atoms with Crippen LogP contribution in [0, 0.1) is 0 Å². The normalized spacial score (nSPS) is 16.6. The topological polar surface area (TPSA) is 84.7 Å². The van der Waals surface area contributed by atoms with Crippen molar-refractivity contribution in [1.82, 2.24) is 25.1 Å². The van der Waals surface area contributed by atoms with E-state index in [0.717, 1.165) is 24.5 Å². The second-order valence-corrected chi connectivity index (χ2v) is 6.53. The zero-order valence-electron chi connectivity index (χ0n) is 13.1. The minimum absolute atomic E-state index is 0.168. The third-order valence-electron chi connectivity index (χ3n) is 4.01. The number of amides is 1. The van der Waals surface area contributed by atoms with Gasteiger partial charge in [0.05, 0.1) is 0 Å². The number of hydrogen-bond acceptors (Lipinski definition) is 6. The number of nitrogens with one attached hydrogen (secondary N) is 2. The van der Waals surface area contributed by atoms with Crippen LogP contribution in [0.3, 0.4) is 0 Å². The molecule has 7 nitrogen and oxygen atoms in total. The van der Waals surface area contributed by atoms with Gasteiger partial charge in [0.1, 0.15) is 11.4 Å². The highest BCUT2D eigenvalue weighted by molar-refractivity contribution is 7.18. The van der Waals surface area contributed by atoms with Crippen LogP contribution in [0.4, 0.5) is 5.13 Å². The maximum atomic E-state index is 12.6. The van der Waals surface area contributed by atoms with E-state index < -0.39 is 0 Å². The molecule has 1 atom stereocenters. The van der Waals surface area contributed by atoms with Gasteiger partial charge in [0.25, 0.3) is 5.91 Å². The second-order valence-electron chi connectivity index (χ2n) is 5.55. The maximum absolute atomic E-state index is 12.6. The molecule has 3 aromatic rings. The van der Waals surface area contributed by atoms with Crippen LogP contribution >= 0.6 is 11.3 Å². The maximum Gasteiger partial charge on any atom is 0.274 e. The van der Waals surface area contributed by atoms with Gasteiger partial charge in [-0.1, -0.05) is 17.4 Å². The van der Waals surface area contributed by atoms with E-state index in [4.69, 9.17) is 0 Å². The van der Waals surface area contributed by atoms with Crippen LogP contribution in [0.1, 0.15) is 29.1 Å². The van der Waals surface area contributed by atoms with Crippen molar-refractivity contribution in [1.29, 1.82) is 0 Å². The zero-order valence-corrected chi connectivity index (χ0v) is 13.9. The van der Waals surface area contributed by atoms with Crippen LogP contribution in [0.15, 0.2) is 36.5 Å². The highest BCUT2D eigenvalue weighted by atomic mass is 32.1. The predicted octanol–water partition coefficient (Wildman–Crippen LogP) is 2.32. The van der Waals surface area contributed by atoms with Gasteiger partial charge in [-0.15, -0.1) is 10.2 Å². The quantitative estimate of drug-likeness (QED) is 0.764. The number of anilines is 1. The van der Waals surface area contributed by atoms with Gasteiger partial charge in [-0.05, 0) is 31.2 Å². The molecule has 3 aromatic heterocycles. The Morgan fingerprint density at radius 2 is 2.25 bits per heavy atom. The number of nitrogens with zero attached hydrogens (tertiary/aromatic N) is 4. The van der Waals surface area contributed by atoms with Crippen molar-refractivity contribution in [3.05, 3.63) is 47.9 Å². The summed E-state index contributed by atoms with van der Waals surface area (Å²) in [7, 11) is 0. The molecule has 1 aliphatic heterocycles. The Kier molecular flexibility index (Phi) is 3.83. The van der Waals surface area contributed by atoms with Crippen LogP contribution in [0.5, 0.6) is 0 Å². The molecule has 0 saturated heterocycles. The molecule has 1 aliphatic rings. The van der Waals surface area contributed by atoms with Crippen molar-refractivity contribution in [2.75, 3.05) is 11.9 Å². The fourth-order valence-electron chi connectivity index (χ4n) is 2.83. The Balaban J connectivity index is 1.54. The first kappa shape index (κ1) is 15.0. The van der Waals surface area contributed by atoms with Crippen LogP contribution in [0.2, 0.25) is 0 Å². The Labute approximate surface area is 142 Å². The Morgan fingerprint density at radius 3 is 3.08 bits per heavy atom. The first-order chi connectivity index (χ1) is 11.7. The molecular formula is C16H16N6OS. The number of carbonyl (C=O) groups is 1. The first-order valence-electron chi connectivity index (χ1n) is 7.71. The minimum atomic E-state index is -0.168. The average molecular weight is 340 g/mol. The Bertz CT molecular complexity index is 872. The van der Waals surface area contributed by atoms with Crippen molar-refractivity contribution in [2.45, 2.75) is 19.5 Å². The highest BCUT2D eigenvalue weighted by Crippen LogP contribution is 2.26. The van der Waals surface area contributed by atoms with E-state index in [1.165, 1.54) is 11.3 Å². The van der Waals surface area contributed by atoms with Crippen molar-refractivity contribution in [3.8, 4) is 10.7 Å². The number of hydrogen-bond donors (Lipinski definition) is 2. The molecule has 0 saturated carbocycles. The van der Waals surface area contributed by atoms with Gasteiger partial charge in [-0.2, -0.15) is 0 Å². The lowest BCUT2D eigenvalue weighted by molar-refractivity contribution is 0.101. The number of carbonyl (C=O) groups excluding carboxylic acids is 1. The zero-order chi connectivity index (χ0) is 16.5. The molecule has 0 aromatic carbocycles. The summed E-state index contributed by atoms with van der Waals surface area (Å²) in [5, 5.41) is 15.5. The van der Waals surface area contributed by atoms with Gasteiger partial charge in [-0.25, -0.2) is 0 Å². The molecule has 1 unspecified atom stereocenters. The van der Waals surface area contributed by atoms with Gasteiger partial charge >= 0.3 is 0 Å². The molecule has 122 valence electrons. The third kappa shape index (κ3) is 2.70. The van der Waals surface area contributed by atoms with E-state index in [1.54, 1.807) is 6.20 Å². The van der Waals surface area contributed by atoms with Gasteiger partial charge < -0.3 is 9.88 Å². The van der Waals surface area contributed by atoms with E-state index >= 15 is 0 Å². The fraction of sp³-hybridized carbons (Fsp3) is 0.250. The van der Waals surface area contributed by atoms with Crippen LogP contribution in [0.25, 0.3) is 10.7 Å². The van der Waals surface area contributed by atoms with Crippen molar-refractivity contribution >= 4 is 22.4 Å². The fourth-order valence-corrected chi connectivity index (χ4v) is 3.55. The number of aromatic nitrogens is 4. The summed E-state index contributed by atoms with van der Waals surface area (Å²) in [6.45, 7) is 3.73. The molecule has 4 heterocycles. The smallest absolute Gasteiger partial charge is 0.274 e. The summed E-state index contributed by atoms with van der Waals surface area (Å²) in [4.78, 5) is 16.8. The summed E-state index contributed by atoms with van der Waals surface area (Å²) in [6.07, 6.45) is 1.71. The van der Waals surface area contributed by atoms with Gasteiger partial charge in [-0.3, -0.25) is 15.1 Å². The minimum Gasteiger partial charge on any atom is -0.338 e. The standard InChI is InChI=1S/C16H16N6OS/c1-10-12-5-6-13(22(12)9-8-17-10)14(23)19-16-21-20-15(24-16)11-4-2-3-7-18-11/h2-7,10,17H,8-9H2,1H3,(H,19,21,23). The molecule has 0 radical (unpaired) electrons. The molecular weight excluding hydrogens is 324 g/mol. The van der Waals surface area contributed by atoms with E-state index in [0.29, 0.717) is 15.8 Å². The lowest BCUT2D eigenvalue weighted by Gasteiger charge is -2.24. The molecule has 0 spiro atoms. The molecule has 1 amide bonds. The molecule has 0 aliphatic carbocycles. The lowest BCUT2D eigenvalue weighted by Crippen LogP contribution is -2.33. The molecule has 0 bridgehead atoms. The number of pyridine rings is 1. The molecule has 4 rings (SSSR count). The molecule has 8 heteroatoms. The summed E-state index contributed by atoms with van der Waals surface area (Å²) in [6, 6.07) is 9.70. The van der Waals surface area contributed by atoms with Crippen molar-refractivity contribution in [3.63, 3.8) is 0 Å². The average Bonchev–Trinajstić information content (AvgIpc) is 3.23. The van der Waals surface area contributed by atoms with E-state index in [2.05, 4.69) is 37.3 Å². The third-order valence-corrected chi connectivity index (χ3v) is 4.87. The monoisotopic (exact) mass is 340 g/mol. The summed E-state index contributed by atoms with van der Waals surface area (Å²) in [5.74, 6) is -0.168. The Hall–Kier alpha value is -2.58. The Morgan fingerprint density at radius 1 is 1.33 bits per heavy atom. The van der Waals surface area contributed by atoms with E-state index in [-0.39, 0.29) is 11.9 Å². The highest BCUT2D eigenvalue weighted by Gasteiger charge is 2.22. The van der Waals surface area contributed by atoms with Crippen LogP contribution < -0.4 is 10.6 Å². The largest absolute Gasteiger partial charge is 0.338 e.